The Morgan fingerprint density at radius 2 is 1.54 bits per heavy atom. The summed E-state index contributed by atoms with van der Waals surface area (Å²) in [6.07, 6.45) is 1.95. The molecule has 1 aliphatic carbocycles. The summed E-state index contributed by atoms with van der Waals surface area (Å²) in [6, 6.07) is 29.1. The Morgan fingerprint density at radius 1 is 0.854 bits per heavy atom. The number of hydrogen-bond acceptors (Lipinski definition) is 6. The van der Waals surface area contributed by atoms with Crippen molar-refractivity contribution in [3.8, 4) is 11.4 Å². The quantitative estimate of drug-likeness (QED) is 0.201. The summed E-state index contributed by atoms with van der Waals surface area (Å²) < 4.78 is 3.94. The number of aromatic hydroxyl groups is 1. The molecule has 0 spiro atoms. The van der Waals surface area contributed by atoms with Crippen LogP contribution in [-0.4, -0.2) is 35.9 Å². The number of nitrogens with zero attached hydrogens (tertiary/aromatic N) is 4. The monoisotopic (exact) mass is 659 g/mol. The van der Waals surface area contributed by atoms with Gasteiger partial charge in [-0.25, -0.2) is 23.5 Å². The molecule has 11 heteroatoms. The number of anilines is 1. The van der Waals surface area contributed by atoms with Gasteiger partial charge in [-0.2, -0.15) is 5.01 Å². The molecular formula is C37H30ClN5O5. The minimum atomic E-state index is -1.48. The van der Waals surface area contributed by atoms with Gasteiger partial charge in [0.15, 0.2) is 0 Å². The lowest BCUT2D eigenvalue weighted by molar-refractivity contribution is -0.138. The van der Waals surface area contributed by atoms with Gasteiger partial charge in [-0.15, -0.1) is 0 Å². The number of aromatic nitrogens is 3. The first kappa shape index (κ1) is 29.8. The van der Waals surface area contributed by atoms with Crippen molar-refractivity contribution in [2.75, 3.05) is 5.43 Å². The molecule has 4 aromatic carbocycles. The SMILES string of the molecule is Cc1ccc(NN2C(=O)C3CC4C(=CCn5c(=O)n(-c6ccccc6)c(=O)n54)C(c4ccc(O)cc4Cl)C3(c3ccccc3)C2=O)cc1. The van der Waals surface area contributed by atoms with Crippen LogP contribution in [0.3, 0.4) is 0 Å². The van der Waals surface area contributed by atoms with E-state index in [0.717, 1.165) is 15.1 Å². The summed E-state index contributed by atoms with van der Waals surface area (Å²) in [6.45, 7) is 2.01. The van der Waals surface area contributed by atoms with Crippen molar-refractivity contribution in [1.29, 1.82) is 0 Å². The smallest absolute Gasteiger partial charge is 0.352 e. The van der Waals surface area contributed by atoms with Crippen LogP contribution in [0.25, 0.3) is 5.69 Å². The van der Waals surface area contributed by atoms with E-state index in [1.165, 1.54) is 21.5 Å². The number of imide groups is 1. The van der Waals surface area contributed by atoms with Gasteiger partial charge in [-0.3, -0.25) is 15.0 Å². The van der Waals surface area contributed by atoms with Gasteiger partial charge in [0.05, 0.1) is 35.3 Å². The Labute approximate surface area is 279 Å². The highest BCUT2D eigenvalue weighted by Gasteiger charge is 2.69. The van der Waals surface area contributed by atoms with Crippen LogP contribution in [0.15, 0.2) is 124 Å². The third-order valence-corrected chi connectivity index (χ3v) is 10.3. The predicted molar refractivity (Wildman–Crippen MR) is 180 cm³/mol. The molecule has 2 amide bonds. The molecule has 4 atom stereocenters. The summed E-state index contributed by atoms with van der Waals surface area (Å²) in [5.74, 6) is -2.78. The Morgan fingerprint density at radius 3 is 2.23 bits per heavy atom. The fourth-order valence-corrected chi connectivity index (χ4v) is 8.19. The normalized spacial score (nSPS) is 22.9. The van der Waals surface area contributed by atoms with E-state index in [0.29, 0.717) is 28.1 Å². The van der Waals surface area contributed by atoms with Gasteiger partial charge < -0.3 is 5.11 Å². The number of hydrazine groups is 1. The first-order valence-electron chi connectivity index (χ1n) is 15.7. The summed E-state index contributed by atoms with van der Waals surface area (Å²) >= 11 is 6.90. The number of para-hydroxylation sites is 1. The summed E-state index contributed by atoms with van der Waals surface area (Å²) in [5.41, 5.74) is 4.38. The minimum Gasteiger partial charge on any atom is -0.508 e. The molecule has 1 aromatic heterocycles. The largest absolute Gasteiger partial charge is 0.508 e. The number of rotatable bonds is 5. The van der Waals surface area contributed by atoms with Crippen molar-refractivity contribution >= 4 is 29.1 Å². The van der Waals surface area contributed by atoms with Crippen molar-refractivity contribution in [1.82, 2.24) is 18.9 Å². The van der Waals surface area contributed by atoms with Gasteiger partial charge >= 0.3 is 11.4 Å². The summed E-state index contributed by atoms with van der Waals surface area (Å²) in [4.78, 5) is 57.8. The van der Waals surface area contributed by atoms with Gasteiger partial charge in [0.25, 0.3) is 11.8 Å². The van der Waals surface area contributed by atoms with Crippen LogP contribution in [0.4, 0.5) is 5.69 Å². The lowest BCUT2D eigenvalue weighted by Gasteiger charge is -2.49. The molecule has 240 valence electrons. The second-order valence-corrected chi connectivity index (χ2v) is 12.9. The van der Waals surface area contributed by atoms with Crippen molar-refractivity contribution < 1.29 is 14.7 Å². The molecule has 2 aliphatic heterocycles. The minimum absolute atomic E-state index is 0.0551. The van der Waals surface area contributed by atoms with E-state index < -0.39 is 46.5 Å². The van der Waals surface area contributed by atoms with Crippen molar-refractivity contribution in [3.63, 3.8) is 0 Å². The fraction of sp³-hybridized carbons (Fsp3) is 0.189. The van der Waals surface area contributed by atoms with E-state index in [2.05, 4.69) is 5.43 Å². The van der Waals surface area contributed by atoms with E-state index in [-0.39, 0.29) is 23.7 Å². The molecule has 2 N–H and O–H groups in total. The number of phenols is 1. The molecule has 1 saturated carbocycles. The average molecular weight is 660 g/mol. The number of carbonyl (C=O) groups excluding carboxylic acids is 2. The van der Waals surface area contributed by atoms with Crippen LogP contribution in [0.2, 0.25) is 5.02 Å². The summed E-state index contributed by atoms with van der Waals surface area (Å²) in [5, 5.41) is 11.6. The standard InChI is InChI=1S/C37H30ClN5O5/c1-22-12-14-24(15-13-22)39-42-33(45)29-21-31-28(18-19-40-35(47)41(36(48)43(31)40)25-10-6-3-7-11-25)32(27-17-16-26(44)20-30(27)38)37(29,34(42)46)23-8-4-2-5-9-23/h2-18,20,29,31-32,39,44H,19,21H2,1H3. The maximum Gasteiger partial charge on any atom is 0.352 e. The van der Waals surface area contributed by atoms with Gasteiger partial charge in [-0.1, -0.05) is 90.0 Å². The topological polar surface area (TPSA) is 119 Å². The number of amides is 2. The number of phenolic OH excluding ortho intramolecular Hbond substituents is 1. The number of hydrogen-bond donors (Lipinski definition) is 2. The zero-order valence-corrected chi connectivity index (χ0v) is 26.5. The van der Waals surface area contributed by atoms with Gasteiger partial charge in [0, 0.05) is 10.9 Å². The van der Waals surface area contributed by atoms with Crippen LogP contribution in [0, 0.1) is 12.8 Å². The molecule has 3 aliphatic rings. The van der Waals surface area contributed by atoms with E-state index in [9.17, 15) is 19.5 Å². The van der Waals surface area contributed by atoms with Gasteiger partial charge in [0.1, 0.15) is 5.75 Å². The van der Waals surface area contributed by atoms with E-state index in [4.69, 9.17) is 11.6 Å². The Kier molecular flexibility index (Phi) is 6.81. The zero-order valence-electron chi connectivity index (χ0n) is 25.8. The number of halogens is 1. The maximum absolute atomic E-state index is 15.1. The predicted octanol–water partition coefficient (Wildman–Crippen LogP) is 5.09. The fourth-order valence-electron chi connectivity index (χ4n) is 7.90. The molecule has 0 radical (unpaired) electrons. The van der Waals surface area contributed by atoms with Crippen LogP contribution in [-0.2, 0) is 21.5 Å². The van der Waals surface area contributed by atoms with Crippen LogP contribution >= 0.6 is 11.6 Å². The van der Waals surface area contributed by atoms with E-state index >= 15 is 4.79 Å². The molecule has 1 saturated heterocycles. The number of nitrogens with one attached hydrogen (secondary N) is 1. The second-order valence-electron chi connectivity index (χ2n) is 12.5. The number of carbonyl (C=O) groups is 2. The van der Waals surface area contributed by atoms with Crippen molar-refractivity contribution in [3.05, 3.63) is 157 Å². The highest BCUT2D eigenvalue weighted by molar-refractivity contribution is 6.31. The van der Waals surface area contributed by atoms with Crippen LogP contribution < -0.4 is 16.8 Å². The lowest BCUT2D eigenvalue weighted by Crippen LogP contribution is -2.53. The van der Waals surface area contributed by atoms with Crippen molar-refractivity contribution in [2.45, 2.75) is 37.3 Å². The highest BCUT2D eigenvalue weighted by Crippen LogP contribution is 2.62. The number of allylic oxidation sites excluding steroid dienone is 2. The Hall–Kier alpha value is -5.61. The van der Waals surface area contributed by atoms with Crippen LogP contribution in [0.5, 0.6) is 5.75 Å². The molecule has 5 aromatic rings. The molecule has 48 heavy (non-hydrogen) atoms. The molecule has 4 unspecified atom stereocenters. The van der Waals surface area contributed by atoms with Gasteiger partial charge in [0.2, 0.25) is 0 Å². The van der Waals surface area contributed by atoms with E-state index in [1.807, 2.05) is 55.5 Å². The lowest BCUT2D eigenvalue weighted by atomic mass is 9.53. The highest BCUT2D eigenvalue weighted by atomic mass is 35.5. The third-order valence-electron chi connectivity index (χ3n) is 9.97. The zero-order chi connectivity index (χ0) is 33.3. The summed E-state index contributed by atoms with van der Waals surface area (Å²) in [7, 11) is 0. The molecule has 3 heterocycles. The molecule has 0 bridgehead atoms. The van der Waals surface area contributed by atoms with Crippen LogP contribution in [0.1, 0.15) is 35.1 Å². The molecule has 8 rings (SSSR count). The molecule has 10 nitrogen and oxygen atoms in total. The first-order valence-corrected chi connectivity index (χ1v) is 16.0. The second kappa shape index (κ2) is 11.0. The third kappa shape index (κ3) is 4.18. The van der Waals surface area contributed by atoms with E-state index in [1.54, 1.807) is 48.5 Å². The molecular weight excluding hydrogens is 630 g/mol. The number of fused-ring (bicyclic) bond motifs is 4. The Bertz CT molecular complexity index is 2260. The maximum atomic E-state index is 15.1. The average Bonchev–Trinajstić information content (AvgIpc) is 3.47. The van der Waals surface area contributed by atoms with Crippen molar-refractivity contribution in [2.24, 2.45) is 5.92 Å². The Balaban J connectivity index is 1.38. The van der Waals surface area contributed by atoms with Gasteiger partial charge in [-0.05, 0) is 66.4 Å². The molecule has 2 fully saturated rings. The number of benzene rings is 4. The number of aryl methyl sites for hydroxylation is 1. The first-order chi connectivity index (χ1) is 23.2.